The second kappa shape index (κ2) is 7.99. The van der Waals surface area contributed by atoms with Crippen LogP contribution in [0.5, 0.6) is 0 Å². The summed E-state index contributed by atoms with van der Waals surface area (Å²) in [5.41, 5.74) is 0.423. The van der Waals surface area contributed by atoms with Crippen molar-refractivity contribution in [3.8, 4) is 0 Å². The molecule has 0 spiro atoms. The Kier molecular flexibility index (Phi) is 7.24. The predicted octanol–water partition coefficient (Wildman–Crippen LogP) is 2.78. The summed E-state index contributed by atoms with van der Waals surface area (Å²) in [5, 5.41) is 3.46. The van der Waals surface area contributed by atoms with Crippen molar-refractivity contribution >= 4 is 29.9 Å². The van der Waals surface area contributed by atoms with Crippen LogP contribution in [0.15, 0.2) is 4.99 Å². The molecule has 1 aliphatic heterocycles. The van der Waals surface area contributed by atoms with Crippen molar-refractivity contribution in [2.24, 2.45) is 10.4 Å². The van der Waals surface area contributed by atoms with E-state index >= 15 is 0 Å². The molecule has 4 nitrogen and oxygen atoms in total. The second-order valence-electron chi connectivity index (χ2n) is 7.28. The summed E-state index contributed by atoms with van der Waals surface area (Å²) in [7, 11) is 2.24. The van der Waals surface area contributed by atoms with Gasteiger partial charge in [0, 0.05) is 31.7 Å². The van der Waals surface area contributed by atoms with Crippen LogP contribution >= 0.6 is 24.0 Å². The predicted molar refractivity (Wildman–Crippen MR) is 102 cm³/mol. The maximum absolute atomic E-state index is 4.88. The van der Waals surface area contributed by atoms with E-state index in [1.165, 1.54) is 19.3 Å². The summed E-state index contributed by atoms with van der Waals surface area (Å²) in [6.07, 6.45) is 3.99. The fourth-order valence-corrected chi connectivity index (χ4v) is 2.91. The zero-order valence-electron chi connectivity index (χ0n) is 14.4. The number of rotatable bonds is 5. The van der Waals surface area contributed by atoms with Crippen LogP contribution < -0.4 is 5.32 Å². The van der Waals surface area contributed by atoms with Crippen molar-refractivity contribution in [2.45, 2.75) is 59.0 Å². The van der Waals surface area contributed by atoms with Crippen LogP contribution in [0.4, 0.5) is 0 Å². The second-order valence-corrected chi connectivity index (χ2v) is 7.28. The molecule has 0 aromatic carbocycles. The van der Waals surface area contributed by atoms with Crippen LogP contribution in [-0.4, -0.2) is 61.1 Å². The first-order chi connectivity index (χ1) is 9.43. The molecule has 2 fully saturated rings. The quantitative estimate of drug-likeness (QED) is 0.431. The summed E-state index contributed by atoms with van der Waals surface area (Å²) in [5.74, 6) is 1.11. The molecular formula is C16H33IN4. The molecule has 5 heteroatoms. The van der Waals surface area contributed by atoms with E-state index in [9.17, 15) is 0 Å². The van der Waals surface area contributed by atoms with Gasteiger partial charge in [-0.2, -0.15) is 0 Å². The monoisotopic (exact) mass is 408 g/mol. The number of aliphatic imine (C=N–C) groups is 1. The van der Waals surface area contributed by atoms with Gasteiger partial charge in [0.2, 0.25) is 0 Å². The Labute approximate surface area is 147 Å². The molecule has 2 aliphatic rings. The molecule has 124 valence electrons. The molecule has 1 aliphatic carbocycles. The van der Waals surface area contributed by atoms with Gasteiger partial charge in [-0.1, -0.05) is 13.8 Å². The first-order valence-corrected chi connectivity index (χ1v) is 8.18. The third-order valence-corrected chi connectivity index (χ3v) is 4.64. The van der Waals surface area contributed by atoms with Crippen LogP contribution in [0.1, 0.15) is 47.0 Å². The van der Waals surface area contributed by atoms with Crippen LogP contribution in [0.2, 0.25) is 0 Å². The van der Waals surface area contributed by atoms with Crippen molar-refractivity contribution in [3.63, 3.8) is 0 Å². The van der Waals surface area contributed by atoms with Gasteiger partial charge in [0.05, 0.1) is 6.54 Å². The Bertz CT molecular complexity index is 352. The molecule has 1 saturated heterocycles. The molecule has 0 aromatic rings. The Morgan fingerprint density at radius 1 is 1.43 bits per heavy atom. The number of likely N-dealkylation sites (tertiary alicyclic amines) is 1. The summed E-state index contributed by atoms with van der Waals surface area (Å²) in [6.45, 7) is 13.2. The molecule has 0 radical (unpaired) electrons. The Balaban J connectivity index is 0.00000220. The van der Waals surface area contributed by atoms with Gasteiger partial charge in [-0.25, -0.2) is 0 Å². The molecule has 2 rings (SSSR count). The molecule has 1 saturated carbocycles. The van der Waals surface area contributed by atoms with E-state index in [2.05, 4.69) is 49.9 Å². The van der Waals surface area contributed by atoms with E-state index in [4.69, 9.17) is 4.99 Å². The Hall–Kier alpha value is -0.0400. The summed E-state index contributed by atoms with van der Waals surface area (Å²) in [4.78, 5) is 9.79. The summed E-state index contributed by atoms with van der Waals surface area (Å²) < 4.78 is 0. The van der Waals surface area contributed by atoms with Crippen molar-refractivity contribution in [2.75, 3.05) is 33.2 Å². The van der Waals surface area contributed by atoms with Gasteiger partial charge in [-0.3, -0.25) is 9.89 Å². The minimum absolute atomic E-state index is 0. The topological polar surface area (TPSA) is 30.9 Å². The van der Waals surface area contributed by atoms with Gasteiger partial charge in [0.15, 0.2) is 5.96 Å². The first-order valence-electron chi connectivity index (χ1n) is 8.18. The fraction of sp³-hybridized carbons (Fsp3) is 0.938. The molecule has 0 aromatic heterocycles. The Morgan fingerprint density at radius 2 is 2.10 bits per heavy atom. The lowest BCUT2D eigenvalue weighted by Crippen LogP contribution is -2.42. The number of hydrogen-bond donors (Lipinski definition) is 1. The van der Waals surface area contributed by atoms with Gasteiger partial charge < -0.3 is 10.2 Å². The molecule has 0 bridgehead atoms. The van der Waals surface area contributed by atoms with Gasteiger partial charge in [-0.15, -0.1) is 24.0 Å². The lowest BCUT2D eigenvalue weighted by Gasteiger charge is -2.26. The number of nitrogens with one attached hydrogen (secondary N) is 1. The highest BCUT2D eigenvalue weighted by Gasteiger charge is 2.31. The highest BCUT2D eigenvalue weighted by atomic mass is 127. The lowest BCUT2D eigenvalue weighted by molar-refractivity contribution is 0.252. The smallest absolute Gasteiger partial charge is 0.193 e. The molecule has 0 amide bonds. The lowest BCUT2D eigenvalue weighted by atomic mass is 9.93. The zero-order valence-corrected chi connectivity index (χ0v) is 16.7. The summed E-state index contributed by atoms with van der Waals surface area (Å²) >= 11 is 0. The first kappa shape index (κ1) is 19.0. The highest BCUT2D eigenvalue weighted by molar-refractivity contribution is 14.0. The highest BCUT2D eigenvalue weighted by Crippen LogP contribution is 2.29. The van der Waals surface area contributed by atoms with E-state index in [-0.39, 0.29) is 24.0 Å². The van der Waals surface area contributed by atoms with E-state index in [0.29, 0.717) is 11.5 Å². The SMILES string of the molecule is CCNC(=NCC(C)N(C)C1CC1)N1CCC(C)(C)C1.I. The maximum atomic E-state index is 4.88. The fourth-order valence-electron chi connectivity index (χ4n) is 2.91. The van der Waals surface area contributed by atoms with Crippen molar-refractivity contribution in [1.82, 2.24) is 15.1 Å². The minimum Gasteiger partial charge on any atom is -0.357 e. The largest absolute Gasteiger partial charge is 0.357 e. The molecule has 1 heterocycles. The van der Waals surface area contributed by atoms with E-state index in [0.717, 1.165) is 38.2 Å². The van der Waals surface area contributed by atoms with Crippen LogP contribution in [0, 0.1) is 5.41 Å². The summed E-state index contributed by atoms with van der Waals surface area (Å²) in [6, 6.07) is 1.35. The van der Waals surface area contributed by atoms with Crippen molar-refractivity contribution in [3.05, 3.63) is 0 Å². The van der Waals surface area contributed by atoms with Gasteiger partial charge in [-0.05, 0) is 45.6 Å². The molecule has 1 atom stereocenters. The average Bonchev–Trinajstić information content (AvgIpc) is 3.17. The normalized spacial score (nSPS) is 23.1. The number of halogens is 1. The average molecular weight is 408 g/mol. The van der Waals surface area contributed by atoms with Crippen molar-refractivity contribution < 1.29 is 0 Å². The number of nitrogens with zero attached hydrogens (tertiary/aromatic N) is 3. The Morgan fingerprint density at radius 3 is 2.57 bits per heavy atom. The molecule has 1 unspecified atom stereocenters. The molecule has 1 N–H and O–H groups in total. The third kappa shape index (κ3) is 5.58. The van der Waals surface area contributed by atoms with Crippen molar-refractivity contribution in [1.29, 1.82) is 0 Å². The number of hydrogen-bond acceptors (Lipinski definition) is 2. The molecule has 21 heavy (non-hydrogen) atoms. The number of likely N-dealkylation sites (N-methyl/N-ethyl adjacent to an activating group) is 1. The van der Waals surface area contributed by atoms with Gasteiger partial charge in [0.25, 0.3) is 0 Å². The standard InChI is InChI=1S/C16H32N4.HI/c1-6-17-15(20-10-9-16(3,4)12-20)18-11-13(2)19(5)14-7-8-14;/h13-14H,6-12H2,1-5H3,(H,17,18);1H. The van der Waals surface area contributed by atoms with Gasteiger partial charge in [0.1, 0.15) is 0 Å². The van der Waals surface area contributed by atoms with Gasteiger partial charge >= 0.3 is 0 Å². The van der Waals surface area contributed by atoms with E-state index < -0.39 is 0 Å². The van der Waals surface area contributed by atoms with E-state index in [1.54, 1.807) is 0 Å². The van der Waals surface area contributed by atoms with E-state index in [1.807, 2.05) is 0 Å². The number of guanidine groups is 1. The molecular weight excluding hydrogens is 375 g/mol. The zero-order chi connectivity index (χ0) is 14.8. The van der Waals surface area contributed by atoms with Crippen LogP contribution in [0.25, 0.3) is 0 Å². The minimum atomic E-state index is 0. The third-order valence-electron chi connectivity index (χ3n) is 4.64. The van der Waals surface area contributed by atoms with Crippen LogP contribution in [-0.2, 0) is 0 Å². The maximum Gasteiger partial charge on any atom is 0.193 e. The van der Waals surface area contributed by atoms with Crippen LogP contribution in [0.3, 0.4) is 0 Å².